The Morgan fingerprint density at radius 2 is 1.74 bits per heavy atom. The number of esters is 1. The molecule has 2 bridgehead atoms. The highest BCUT2D eigenvalue weighted by molar-refractivity contribution is 8.00. The monoisotopic (exact) mass is 783 g/mol. The molecule has 16 heteroatoms. The number of fused-ring (bicyclic) bond motifs is 9. The molecule has 3 fully saturated rings. The molecule has 4 aliphatic rings. The van der Waals surface area contributed by atoms with Gasteiger partial charge in [-0.25, -0.2) is 4.79 Å². The fourth-order valence-corrected chi connectivity index (χ4v) is 11.6. The Bertz CT molecular complexity index is 2230. The van der Waals surface area contributed by atoms with Gasteiger partial charge in [-0.3, -0.25) is 24.1 Å². The number of ether oxygens (including phenoxy) is 2. The lowest BCUT2D eigenvalue weighted by atomic mass is 9.68. The molecule has 1 aromatic heterocycles. The first-order chi connectivity index (χ1) is 25.3. The van der Waals surface area contributed by atoms with E-state index < -0.39 is 59.8 Å². The van der Waals surface area contributed by atoms with Gasteiger partial charge in [-0.15, -0.1) is 11.8 Å². The van der Waals surface area contributed by atoms with Crippen LogP contribution in [0.1, 0.15) is 45.6 Å². The third kappa shape index (κ3) is 6.11. The Hall–Kier alpha value is -4.60. The van der Waals surface area contributed by atoms with Crippen molar-refractivity contribution in [2.75, 3.05) is 23.4 Å². The number of anilines is 2. The molecule has 7 atom stereocenters. The number of rotatable bonds is 8. The molecule has 10 nitrogen and oxygen atoms in total. The van der Waals surface area contributed by atoms with Gasteiger partial charge in [0.05, 0.1) is 40.3 Å². The first-order valence-electron chi connectivity index (χ1n) is 16.8. The summed E-state index contributed by atoms with van der Waals surface area (Å²) in [4.78, 5) is 70.1. The number of thioether (sulfide) groups is 1. The standard InChI is InChI=1S/C37H29ClF3N3O7S2/c1-2-50-35(48)16-6-9-19(10-7-16)42-25(45)15-51-24-11-8-18(38)13-21(24)26-27-22-14-23(30(27)52-32-31(26)53-36(49)43-32)29-28(22)33(46)44(34(29)47)20-5-3-4-17(12-20)37(39,40)41/h3-13,22-23,26-30H,2,14-15H2,1H3,(H,42,45)(H,43,49)/t22?,23?,26-,27?,28?,29?,30?/m1/s1. The van der Waals surface area contributed by atoms with Gasteiger partial charge in [-0.2, -0.15) is 13.2 Å². The van der Waals surface area contributed by atoms with E-state index in [1.807, 2.05) is 0 Å². The molecule has 6 unspecified atom stereocenters. The Morgan fingerprint density at radius 3 is 2.45 bits per heavy atom. The molecule has 0 spiro atoms. The fourth-order valence-electron chi connectivity index (χ4n) is 8.58. The van der Waals surface area contributed by atoms with Crippen molar-refractivity contribution in [1.82, 2.24) is 4.98 Å². The van der Waals surface area contributed by atoms with Gasteiger partial charge in [-0.05, 0) is 91.8 Å². The Balaban J connectivity index is 1.09. The molecular weight excluding hydrogens is 755 g/mol. The van der Waals surface area contributed by atoms with Crippen LogP contribution in [0.4, 0.5) is 24.5 Å². The molecular formula is C37H29ClF3N3O7S2. The Labute approximate surface area is 313 Å². The van der Waals surface area contributed by atoms with E-state index in [0.29, 0.717) is 39.0 Å². The summed E-state index contributed by atoms with van der Waals surface area (Å²) in [5, 5.41) is 3.54. The topological polar surface area (TPSA) is 135 Å². The van der Waals surface area contributed by atoms with Crippen LogP contribution in [0.5, 0.6) is 5.75 Å². The highest BCUT2D eigenvalue weighted by atomic mass is 35.5. The number of halogens is 4. The van der Waals surface area contributed by atoms with Crippen LogP contribution in [0.3, 0.4) is 0 Å². The number of H-pyrrole nitrogens is 1. The van der Waals surface area contributed by atoms with Gasteiger partial charge < -0.3 is 19.8 Å². The molecule has 274 valence electrons. The molecule has 2 saturated carbocycles. The number of aromatic amines is 1. The number of amides is 3. The molecule has 8 rings (SSSR count). The summed E-state index contributed by atoms with van der Waals surface area (Å²) in [6.45, 7) is 1.54. The number of carbonyl (C=O) groups excluding carboxylic acids is 4. The minimum Gasteiger partial charge on any atom is -0.483 e. The van der Waals surface area contributed by atoms with Crippen LogP contribution in [0.25, 0.3) is 0 Å². The smallest absolute Gasteiger partial charge is 0.416 e. The van der Waals surface area contributed by atoms with Gasteiger partial charge >= 0.3 is 17.0 Å². The number of carbonyl (C=O) groups is 4. The van der Waals surface area contributed by atoms with Crippen molar-refractivity contribution in [2.24, 2.45) is 29.6 Å². The van der Waals surface area contributed by atoms with Crippen LogP contribution in [-0.4, -0.2) is 47.1 Å². The average Bonchev–Trinajstić information content (AvgIpc) is 3.86. The normalized spacial score (nSPS) is 25.5. The number of nitrogens with one attached hydrogen (secondary N) is 2. The lowest BCUT2D eigenvalue weighted by molar-refractivity contribution is -0.137. The molecule has 2 N–H and O–H groups in total. The molecule has 4 aromatic rings. The van der Waals surface area contributed by atoms with Gasteiger partial charge in [0.15, 0.2) is 6.61 Å². The van der Waals surface area contributed by atoms with Crippen LogP contribution in [0, 0.1) is 29.6 Å². The first-order valence-corrected chi connectivity index (χ1v) is 18.9. The predicted molar refractivity (Wildman–Crippen MR) is 190 cm³/mol. The zero-order valence-electron chi connectivity index (χ0n) is 27.6. The third-order valence-corrected chi connectivity index (χ3v) is 13.3. The first kappa shape index (κ1) is 35.4. The fraction of sp³-hybridized carbons (Fsp3) is 0.324. The minimum atomic E-state index is -4.65. The quantitative estimate of drug-likeness (QED) is 0.145. The molecule has 0 radical (unpaired) electrons. The number of thiazole rings is 1. The molecule has 53 heavy (non-hydrogen) atoms. The highest BCUT2D eigenvalue weighted by Gasteiger charge is 2.70. The Morgan fingerprint density at radius 1 is 1.00 bits per heavy atom. The van der Waals surface area contributed by atoms with E-state index in [1.165, 1.54) is 36.0 Å². The Kier molecular flexibility index (Phi) is 8.93. The van der Waals surface area contributed by atoms with Crippen LogP contribution in [-0.2, 0) is 25.3 Å². The second-order valence-corrected chi connectivity index (χ2v) is 16.0. The maximum atomic E-state index is 14.1. The predicted octanol–water partition coefficient (Wildman–Crippen LogP) is 6.98. The SMILES string of the molecule is CCOC(=O)c1ccc(NC(=O)COc2ccc(Cl)cc2[C@H]2c3sc(=O)[nH]c3SC3C4CC(C5C(=O)N(c6cccc(C(F)(F)F)c6)C(=O)C45)C32)cc1. The largest absolute Gasteiger partial charge is 0.483 e. The summed E-state index contributed by atoms with van der Waals surface area (Å²) in [6.07, 6.45) is -4.10. The lowest BCUT2D eigenvalue weighted by Gasteiger charge is -2.43. The van der Waals surface area contributed by atoms with E-state index in [9.17, 15) is 37.1 Å². The molecule has 3 aromatic carbocycles. The second-order valence-electron chi connectivity index (χ2n) is 13.3. The maximum Gasteiger partial charge on any atom is 0.416 e. The minimum absolute atomic E-state index is 0.113. The van der Waals surface area contributed by atoms with Gasteiger partial charge in [0, 0.05) is 32.3 Å². The second kappa shape index (κ2) is 13.4. The number of hydrogen-bond acceptors (Lipinski definition) is 9. The van der Waals surface area contributed by atoms with Crippen LogP contribution >= 0.6 is 34.7 Å². The maximum absolute atomic E-state index is 14.1. The summed E-state index contributed by atoms with van der Waals surface area (Å²) in [5.41, 5.74) is 0.302. The zero-order chi connectivity index (χ0) is 37.3. The van der Waals surface area contributed by atoms with Gasteiger partial charge in [0.2, 0.25) is 11.8 Å². The van der Waals surface area contributed by atoms with Crippen LogP contribution in [0.2, 0.25) is 5.02 Å². The van der Waals surface area contributed by atoms with E-state index >= 15 is 0 Å². The third-order valence-electron chi connectivity index (χ3n) is 10.5. The summed E-state index contributed by atoms with van der Waals surface area (Å²) in [7, 11) is 0. The van der Waals surface area contributed by atoms with Crippen LogP contribution in [0.15, 0.2) is 76.6 Å². The number of benzene rings is 3. The van der Waals surface area contributed by atoms with Crippen molar-refractivity contribution in [3.8, 4) is 5.75 Å². The van der Waals surface area contributed by atoms with E-state index in [4.69, 9.17) is 21.1 Å². The number of nitrogens with zero attached hydrogens (tertiary/aromatic N) is 1. The van der Waals surface area contributed by atoms with Crippen molar-refractivity contribution in [3.05, 3.63) is 103 Å². The van der Waals surface area contributed by atoms with Gasteiger partial charge in [0.1, 0.15) is 5.75 Å². The number of imide groups is 1. The molecule has 3 heterocycles. The summed E-state index contributed by atoms with van der Waals surface area (Å²) in [6, 6.07) is 15.4. The van der Waals surface area contributed by atoms with Crippen molar-refractivity contribution >= 4 is 69.8 Å². The van der Waals surface area contributed by atoms with E-state index in [2.05, 4.69) is 10.3 Å². The summed E-state index contributed by atoms with van der Waals surface area (Å²) >= 11 is 9.04. The summed E-state index contributed by atoms with van der Waals surface area (Å²) < 4.78 is 51.9. The number of aromatic nitrogens is 1. The van der Waals surface area contributed by atoms with Crippen LogP contribution < -0.4 is 19.8 Å². The van der Waals surface area contributed by atoms with Crippen molar-refractivity contribution in [2.45, 2.75) is 35.7 Å². The van der Waals surface area contributed by atoms with E-state index in [0.717, 1.165) is 33.2 Å². The average molecular weight is 784 g/mol. The molecule has 2 aliphatic heterocycles. The van der Waals surface area contributed by atoms with Crippen molar-refractivity contribution in [3.63, 3.8) is 0 Å². The van der Waals surface area contributed by atoms with Crippen molar-refractivity contribution in [1.29, 1.82) is 0 Å². The van der Waals surface area contributed by atoms with E-state index in [1.54, 1.807) is 37.3 Å². The molecule has 3 amide bonds. The number of alkyl halides is 3. The van der Waals surface area contributed by atoms with Gasteiger partial charge in [-0.1, -0.05) is 29.0 Å². The highest BCUT2D eigenvalue weighted by Crippen LogP contribution is 2.69. The molecule has 2 aliphatic carbocycles. The molecule has 1 saturated heterocycles. The zero-order valence-corrected chi connectivity index (χ0v) is 30.0. The number of hydrogen-bond donors (Lipinski definition) is 2. The summed E-state index contributed by atoms with van der Waals surface area (Å²) in [5.74, 6) is -4.53. The lowest BCUT2D eigenvalue weighted by Crippen LogP contribution is -2.42. The van der Waals surface area contributed by atoms with E-state index in [-0.39, 0.29) is 40.2 Å². The van der Waals surface area contributed by atoms with Gasteiger partial charge in [0.25, 0.3) is 5.91 Å². The van der Waals surface area contributed by atoms with Crippen molar-refractivity contribution < 1.29 is 41.8 Å².